The van der Waals surface area contributed by atoms with Crippen LogP contribution in [0.15, 0.2) is 12.1 Å². The SMILES string of the molecule is COc1c(CO)ccc(I)c1C#N. The van der Waals surface area contributed by atoms with Crippen LogP contribution in [0.25, 0.3) is 0 Å². The van der Waals surface area contributed by atoms with Crippen LogP contribution in [0, 0.1) is 14.9 Å². The maximum atomic E-state index is 8.97. The van der Waals surface area contributed by atoms with Crippen molar-refractivity contribution in [3.8, 4) is 11.8 Å². The molecule has 68 valence electrons. The zero-order valence-electron chi connectivity index (χ0n) is 7.04. The molecule has 0 bridgehead atoms. The Hall–Kier alpha value is -0.800. The average molecular weight is 289 g/mol. The third kappa shape index (κ3) is 1.92. The van der Waals surface area contributed by atoms with Gasteiger partial charge in [-0.15, -0.1) is 0 Å². The van der Waals surface area contributed by atoms with E-state index in [0.717, 1.165) is 3.57 Å². The summed E-state index contributed by atoms with van der Waals surface area (Å²) < 4.78 is 5.88. The molecule has 0 aliphatic rings. The Morgan fingerprint density at radius 1 is 1.62 bits per heavy atom. The molecule has 1 aromatic carbocycles. The molecule has 0 aromatic heterocycles. The van der Waals surface area contributed by atoms with Crippen molar-refractivity contribution in [3.63, 3.8) is 0 Å². The van der Waals surface area contributed by atoms with E-state index in [1.165, 1.54) is 7.11 Å². The molecule has 1 aromatic rings. The van der Waals surface area contributed by atoms with Crippen LogP contribution >= 0.6 is 22.6 Å². The number of nitrogens with zero attached hydrogens (tertiary/aromatic N) is 1. The lowest BCUT2D eigenvalue weighted by molar-refractivity contribution is 0.273. The summed E-state index contributed by atoms with van der Waals surface area (Å²) in [6, 6.07) is 5.58. The summed E-state index contributed by atoms with van der Waals surface area (Å²) in [5, 5.41) is 17.8. The second-order valence-electron chi connectivity index (χ2n) is 2.38. The molecule has 0 fully saturated rings. The highest BCUT2D eigenvalue weighted by Gasteiger charge is 2.11. The Labute approximate surface area is 90.1 Å². The molecule has 0 atom stereocenters. The van der Waals surface area contributed by atoms with Crippen molar-refractivity contribution in [1.29, 1.82) is 5.26 Å². The van der Waals surface area contributed by atoms with Gasteiger partial charge in [0, 0.05) is 9.13 Å². The van der Waals surface area contributed by atoms with Gasteiger partial charge in [0.15, 0.2) is 0 Å². The summed E-state index contributed by atoms with van der Waals surface area (Å²) in [5.74, 6) is 0.469. The molecule has 1 N–H and O–H groups in total. The lowest BCUT2D eigenvalue weighted by atomic mass is 10.1. The van der Waals surface area contributed by atoms with E-state index in [4.69, 9.17) is 15.1 Å². The van der Waals surface area contributed by atoms with Crippen molar-refractivity contribution in [1.82, 2.24) is 0 Å². The van der Waals surface area contributed by atoms with Gasteiger partial charge < -0.3 is 9.84 Å². The Balaban J connectivity index is 3.38. The van der Waals surface area contributed by atoms with E-state index in [9.17, 15) is 0 Å². The van der Waals surface area contributed by atoms with Crippen LogP contribution < -0.4 is 4.74 Å². The lowest BCUT2D eigenvalue weighted by Crippen LogP contribution is -1.97. The quantitative estimate of drug-likeness (QED) is 0.842. The number of ether oxygens (including phenoxy) is 1. The first-order chi connectivity index (χ1) is 6.24. The fourth-order valence-corrected chi connectivity index (χ4v) is 1.61. The van der Waals surface area contributed by atoms with Gasteiger partial charge in [0.2, 0.25) is 0 Å². The summed E-state index contributed by atoms with van der Waals surface area (Å²) in [6.45, 7) is -0.116. The summed E-state index contributed by atoms with van der Waals surface area (Å²) in [4.78, 5) is 0. The van der Waals surface area contributed by atoms with Crippen molar-refractivity contribution in [2.24, 2.45) is 0 Å². The Morgan fingerprint density at radius 2 is 2.31 bits per heavy atom. The van der Waals surface area contributed by atoms with E-state index in [-0.39, 0.29) is 6.61 Å². The summed E-state index contributed by atoms with van der Waals surface area (Å²) in [6.07, 6.45) is 0. The topological polar surface area (TPSA) is 53.2 Å². The van der Waals surface area contributed by atoms with Crippen molar-refractivity contribution in [3.05, 3.63) is 26.8 Å². The molecule has 0 aliphatic heterocycles. The minimum Gasteiger partial charge on any atom is -0.495 e. The molecule has 13 heavy (non-hydrogen) atoms. The van der Waals surface area contributed by atoms with Gasteiger partial charge in [-0.1, -0.05) is 6.07 Å². The second kappa shape index (κ2) is 4.44. The van der Waals surface area contributed by atoms with E-state index in [1.807, 2.05) is 6.07 Å². The summed E-state index contributed by atoms with van der Waals surface area (Å²) in [5.41, 5.74) is 1.12. The first-order valence-corrected chi connectivity index (χ1v) is 4.68. The standard InChI is InChI=1S/C9H8INO2/c1-13-9-6(5-12)2-3-8(10)7(9)4-11/h2-3,12H,5H2,1H3. The summed E-state index contributed by atoms with van der Waals surface area (Å²) in [7, 11) is 1.49. The lowest BCUT2D eigenvalue weighted by Gasteiger charge is -2.08. The van der Waals surface area contributed by atoms with Crippen molar-refractivity contribution >= 4 is 22.6 Å². The van der Waals surface area contributed by atoms with Crippen LogP contribution in [0.3, 0.4) is 0 Å². The fraction of sp³-hybridized carbons (Fsp3) is 0.222. The van der Waals surface area contributed by atoms with Gasteiger partial charge in [0.05, 0.1) is 13.7 Å². The fourth-order valence-electron chi connectivity index (χ4n) is 1.06. The Morgan fingerprint density at radius 3 is 2.77 bits per heavy atom. The highest BCUT2D eigenvalue weighted by Crippen LogP contribution is 2.27. The zero-order chi connectivity index (χ0) is 9.84. The van der Waals surface area contributed by atoms with Crippen LogP contribution in [0.2, 0.25) is 0 Å². The minimum atomic E-state index is -0.116. The Bertz CT molecular complexity index is 357. The predicted octanol–water partition coefficient (Wildman–Crippen LogP) is 1.66. The smallest absolute Gasteiger partial charge is 0.143 e. The molecule has 0 amide bonds. The first kappa shape index (κ1) is 10.3. The largest absolute Gasteiger partial charge is 0.495 e. The van der Waals surface area contributed by atoms with Gasteiger partial charge in [-0.2, -0.15) is 5.26 Å². The van der Waals surface area contributed by atoms with Crippen molar-refractivity contribution in [2.45, 2.75) is 6.61 Å². The normalized spacial score (nSPS) is 9.38. The maximum Gasteiger partial charge on any atom is 0.143 e. The van der Waals surface area contributed by atoms with E-state index in [1.54, 1.807) is 12.1 Å². The Kier molecular flexibility index (Phi) is 3.51. The summed E-state index contributed by atoms with van der Waals surface area (Å²) >= 11 is 2.06. The van der Waals surface area contributed by atoms with E-state index >= 15 is 0 Å². The molecule has 0 radical (unpaired) electrons. The molecule has 0 saturated heterocycles. The molecule has 0 aliphatic carbocycles. The number of methoxy groups -OCH3 is 1. The van der Waals surface area contributed by atoms with Crippen LogP contribution in [0.1, 0.15) is 11.1 Å². The van der Waals surface area contributed by atoms with Crippen LogP contribution in [0.4, 0.5) is 0 Å². The number of halogens is 1. The van der Waals surface area contributed by atoms with E-state index < -0.39 is 0 Å². The van der Waals surface area contributed by atoms with E-state index in [0.29, 0.717) is 16.9 Å². The number of aliphatic hydroxyl groups excluding tert-OH is 1. The van der Waals surface area contributed by atoms with Gasteiger partial charge in [-0.3, -0.25) is 0 Å². The number of rotatable bonds is 2. The maximum absolute atomic E-state index is 8.97. The van der Waals surface area contributed by atoms with Crippen molar-refractivity contribution < 1.29 is 9.84 Å². The second-order valence-corrected chi connectivity index (χ2v) is 3.55. The molecule has 0 unspecified atom stereocenters. The number of hydrogen-bond donors (Lipinski definition) is 1. The van der Waals surface area contributed by atoms with Gasteiger partial charge >= 0.3 is 0 Å². The van der Waals surface area contributed by atoms with E-state index in [2.05, 4.69) is 22.6 Å². The number of hydrogen-bond acceptors (Lipinski definition) is 3. The highest BCUT2D eigenvalue weighted by molar-refractivity contribution is 14.1. The first-order valence-electron chi connectivity index (χ1n) is 3.61. The molecule has 3 nitrogen and oxygen atoms in total. The van der Waals surface area contributed by atoms with Crippen LogP contribution in [-0.4, -0.2) is 12.2 Å². The predicted molar refractivity (Wildman–Crippen MR) is 56.3 cm³/mol. The van der Waals surface area contributed by atoms with Crippen molar-refractivity contribution in [2.75, 3.05) is 7.11 Å². The molecule has 0 spiro atoms. The zero-order valence-corrected chi connectivity index (χ0v) is 9.20. The average Bonchev–Trinajstić information content (AvgIpc) is 2.17. The molecule has 0 heterocycles. The van der Waals surface area contributed by atoms with Crippen LogP contribution in [-0.2, 0) is 6.61 Å². The molecule has 0 saturated carbocycles. The third-order valence-electron chi connectivity index (χ3n) is 1.67. The molecular weight excluding hydrogens is 281 g/mol. The number of aliphatic hydroxyl groups is 1. The molecular formula is C9H8INO2. The third-order valence-corrected chi connectivity index (χ3v) is 2.57. The highest BCUT2D eigenvalue weighted by atomic mass is 127. The van der Waals surface area contributed by atoms with Crippen LogP contribution in [0.5, 0.6) is 5.75 Å². The number of nitriles is 1. The minimum absolute atomic E-state index is 0.116. The van der Waals surface area contributed by atoms with Gasteiger partial charge in [0.25, 0.3) is 0 Å². The van der Waals surface area contributed by atoms with Gasteiger partial charge in [0.1, 0.15) is 17.4 Å². The monoisotopic (exact) mass is 289 g/mol. The van der Waals surface area contributed by atoms with Gasteiger partial charge in [-0.05, 0) is 28.7 Å². The molecule has 1 rings (SSSR count). The number of benzene rings is 1. The molecule has 4 heteroatoms. The van der Waals surface area contributed by atoms with Gasteiger partial charge in [-0.25, -0.2) is 0 Å².